The Morgan fingerprint density at radius 3 is 1.81 bits per heavy atom. The second-order valence-corrected chi connectivity index (χ2v) is 7.75. The van der Waals surface area contributed by atoms with Gasteiger partial charge in [0.05, 0.1) is 6.54 Å². The highest BCUT2D eigenvalue weighted by molar-refractivity contribution is 7.97. The van der Waals surface area contributed by atoms with Gasteiger partial charge in [-0.15, -0.1) is 0 Å². The molecule has 122 valence electrons. The van der Waals surface area contributed by atoms with E-state index in [-0.39, 0.29) is 6.08 Å². The van der Waals surface area contributed by atoms with Gasteiger partial charge in [0.2, 0.25) is 0 Å². The number of sulfonamides is 1. The van der Waals surface area contributed by atoms with Crippen LogP contribution in [0.5, 0.6) is 0 Å². The van der Waals surface area contributed by atoms with Gasteiger partial charge in [-0.3, -0.25) is 0 Å². The average Bonchev–Trinajstić information content (AvgIpc) is 2.25. The van der Waals surface area contributed by atoms with Crippen molar-refractivity contribution in [2.24, 2.45) is 0 Å². The molecule has 0 radical (unpaired) electrons. The van der Waals surface area contributed by atoms with E-state index in [1.165, 1.54) is 0 Å². The zero-order valence-electron chi connectivity index (χ0n) is 9.40. The summed E-state index contributed by atoms with van der Waals surface area (Å²) in [5.41, 5.74) is -12.0. The van der Waals surface area contributed by atoms with Crippen LogP contribution < -0.4 is 0 Å². The number of alkyl halides is 6. The molecule has 0 bridgehead atoms. The first-order valence-corrected chi connectivity index (χ1v) is 7.89. The first-order chi connectivity index (χ1) is 9.12. The molecule has 0 aromatic carbocycles. The lowest BCUT2D eigenvalue weighted by Gasteiger charge is -2.29. The van der Waals surface area contributed by atoms with Crippen LogP contribution in [0.3, 0.4) is 0 Å². The molecule has 0 saturated carbocycles. The largest absolute Gasteiger partial charge is 0.516 e. The van der Waals surface area contributed by atoms with Gasteiger partial charge in [-0.1, -0.05) is 11.6 Å². The Morgan fingerprint density at radius 2 is 1.43 bits per heavy atom. The van der Waals surface area contributed by atoms with Crippen LogP contribution in [0.1, 0.15) is 0 Å². The second-order valence-electron chi connectivity index (χ2n) is 3.53. The van der Waals surface area contributed by atoms with Gasteiger partial charge in [0.25, 0.3) is 9.84 Å². The summed E-state index contributed by atoms with van der Waals surface area (Å²) in [5, 5.41) is -2.67. The Hall–Kier alpha value is -0.950. The Morgan fingerprint density at radius 1 is 0.952 bits per heavy atom. The zero-order chi connectivity index (χ0) is 16.9. The van der Waals surface area contributed by atoms with Gasteiger partial charge < -0.3 is 0 Å². The summed E-state index contributed by atoms with van der Waals surface area (Å²) in [6.45, 7) is -1.38. The summed E-state index contributed by atoms with van der Waals surface area (Å²) < 4.78 is 118. The second kappa shape index (κ2) is 5.05. The molecule has 1 aliphatic heterocycles. The lowest BCUT2D eigenvalue weighted by molar-refractivity contribution is -0.0491. The van der Waals surface area contributed by atoms with Crippen molar-refractivity contribution in [3.63, 3.8) is 0 Å². The van der Waals surface area contributed by atoms with Gasteiger partial charge in [-0.2, -0.15) is 34.8 Å². The highest BCUT2D eigenvalue weighted by atomic mass is 35.5. The first kappa shape index (κ1) is 18.1. The van der Waals surface area contributed by atoms with Crippen LogP contribution in [0.4, 0.5) is 26.3 Å². The fourth-order valence-electron chi connectivity index (χ4n) is 1.18. The molecule has 0 saturated heterocycles. The predicted octanol–water partition coefficient (Wildman–Crippen LogP) is 2.05. The van der Waals surface area contributed by atoms with Crippen LogP contribution in [0, 0.1) is 0 Å². The maximum atomic E-state index is 12.4. The monoisotopic (exact) mass is 379 g/mol. The first-order valence-electron chi connectivity index (χ1n) is 4.59. The molecule has 0 fully saturated rings. The molecule has 5 nitrogen and oxygen atoms in total. The van der Waals surface area contributed by atoms with Crippen molar-refractivity contribution in [1.29, 1.82) is 0 Å². The SMILES string of the molecule is O=S(=O)(C1=CC=C(Cl)CN1S(=O)(=O)C(F)(F)F)C(F)(F)F. The summed E-state index contributed by atoms with van der Waals surface area (Å²) in [7, 11) is -12.7. The zero-order valence-corrected chi connectivity index (χ0v) is 11.8. The Kier molecular flexibility index (Phi) is 4.35. The van der Waals surface area contributed by atoms with Gasteiger partial charge in [0, 0.05) is 5.03 Å². The van der Waals surface area contributed by atoms with Crippen molar-refractivity contribution in [3.05, 3.63) is 22.2 Å². The summed E-state index contributed by atoms with van der Waals surface area (Å²) >= 11 is 5.26. The van der Waals surface area contributed by atoms with Crippen molar-refractivity contribution in [3.8, 4) is 0 Å². The van der Waals surface area contributed by atoms with Crippen LogP contribution in [0.15, 0.2) is 22.2 Å². The predicted molar refractivity (Wildman–Crippen MR) is 58.7 cm³/mol. The van der Waals surface area contributed by atoms with E-state index in [1.807, 2.05) is 0 Å². The van der Waals surface area contributed by atoms with Crippen molar-refractivity contribution in [2.45, 2.75) is 11.0 Å². The molecule has 0 aromatic heterocycles. The molecule has 0 aliphatic carbocycles. The standard InChI is InChI=1S/C7H4ClF6NO4S2/c8-4-1-2-5(20(16,17)6(9,10)11)15(3-4)21(18,19)7(12,13)14/h1-2H,3H2. The summed E-state index contributed by atoms with van der Waals surface area (Å²) in [5.74, 6) is 0. The van der Waals surface area contributed by atoms with Crippen LogP contribution in [-0.4, -0.2) is 38.7 Å². The molecular formula is C7H4ClF6NO4S2. The van der Waals surface area contributed by atoms with Crippen LogP contribution in [0.25, 0.3) is 0 Å². The minimum absolute atomic E-state index is 0.0396. The van der Waals surface area contributed by atoms with Crippen molar-refractivity contribution in [1.82, 2.24) is 4.31 Å². The summed E-state index contributed by atoms with van der Waals surface area (Å²) in [6, 6.07) is 0. The number of allylic oxidation sites excluding steroid dienone is 2. The van der Waals surface area contributed by atoms with Crippen molar-refractivity contribution < 1.29 is 43.2 Å². The molecule has 0 unspecified atom stereocenters. The van der Waals surface area contributed by atoms with E-state index >= 15 is 0 Å². The van der Waals surface area contributed by atoms with E-state index < -0.39 is 51.8 Å². The van der Waals surface area contributed by atoms with Gasteiger partial charge in [0.1, 0.15) is 0 Å². The third kappa shape index (κ3) is 3.13. The van der Waals surface area contributed by atoms with Gasteiger partial charge >= 0.3 is 21.0 Å². The molecule has 1 rings (SSSR count). The minimum atomic E-state index is -6.36. The molecule has 0 spiro atoms. The minimum Gasteiger partial charge on any atom is -0.246 e. The van der Waals surface area contributed by atoms with E-state index in [2.05, 4.69) is 0 Å². The number of hydrogen-bond acceptors (Lipinski definition) is 4. The number of halogens is 7. The molecule has 0 aromatic rings. The smallest absolute Gasteiger partial charge is 0.246 e. The van der Waals surface area contributed by atoms with Crippen LogP contribution >= 0.6 is 11.6 Å². The third-order valence-electron chi connectivity index (χ3n) is 2.11. The fraction of sp³-hybridized carbons (Fsp3) is 0.429. The highest BCUT2D eigenvalue weighted by Crippen LogP contribution is 2.38. The average molecular weight is 380 g/mol. The number of sulfone groups is 1. The molecular weight excluding hydrogens is 376 g/mol. The van der Waals surface area contributed by atoms with E-state index in [4.69, 9.17) is 11.6 Å². The normalized spacial score (nSPS) is 18.3. The van der Waals surface area contributed by atoms with Gasteiger partial charge in [-0.25, -0.2) is 12.7 Å². The maximum Gasteiger partial charge on any atom is 0.516 e. The number of nitrogens with zero attached hydrogens (tertiary/aromatic N) is 1. The highest BCUT2D eigenvalue weighted by Gasteiger charge is 2.57. The number of hydrogen-bond donors (Lipinski definition) is 0. The summed E-state index contributed by atoms with van der Waals surface area (Å²) in [4.78, 5) is 0. The van der Waals surface area contributed by atoms with Crippen LogP contribution in [-0.2, 0) is 19.9 Å². The third-order valence-corrected chi connectivity index (χ3v) is 5.48. The van der Waals surface area contributed by atoms with E-state index in [0.717, 1.165) is 0 Å². The number of rotatable bonds is 2. The lowest BCUT2D eigenvalue weighted by atomic mass is 10.4. The summed E-state index contributed by atoms with van der Waals surface area (Å²) in [6.07, 6.45) is 0.598. The molecule has 21 heavy (non-hydrogen) atoms. The van der Waals surface area contributed by atoms with Crippen LogP contribution in [0.2, 0.25) is 0 Å². The Bertz CT molecular complexity index is 702. The molecule has 0 amide bonds. The topological polar surface area (TPSA) is 71.5 Å². The van der Waals surface area contributed by atoms with Crippen molar-refractivity contribution >= 4 is 31.5 Å². The maximum absolute atomic E-state index is 12.4. The fourth-order valence-corrected chi connectivity index (χ4v) is 3.70. The molecule has 0 atom stereocenters. The lowest BCUT2D eigenvalue weighted by Crippen LogP contribution is -2.45. The van der Waals surface area contributed by atoms with Crippen molar-refractivity contribution in [2.75, 3.05) is 6.54 Å². The molecule has 1 aliphatic rings. The van der Waals surface area contributed by atoms with E-state index in [0.29, 0.717) is 6.08 Å². The quantitative estimate of drug-likeness (QED) is 0.688. The van der Waals surface area contributed by atoms with Gasteiger partial charge in [0.15, 0.2) is 5.03 Å². The Labute approximate surface area is 119 Å². The van der Waals surface area contributed by atoms with E-state index in [9.17, 15) is 43.2 Å². The molecule has 14 heteroatoms. The molecule has 1 heterocycles. The van der Waals surface area contributed by atoms with Gasteiger partial charge in [-0.05, 0) is 12.2 Å². The molecule has 0 N–H and O–H groups in total. The van der Waals surface area contributed by atoms with E-state index in [1.54, 1.807) is 0 Å². The Balaban J connectivity index is 3.56.